The summed E-state index contributed by atoms with van der Waals surface area (Å²) in [7, 11) is 0. The Morgan fingerprint density at radius 2 is 2.00 bits per heavy atom. The topological polar surface area (TPSA) is 51.5 Å². The van der Waals surface area contributed by atoms with Crippen molar-refractivity contribution in [1.82, 2.24) is 4.57 Å². The van der Waals surface area contributed by atoms with Crippen LogP contribution in [0.3, 0.4) is 0 Å². The summed E-state index contributed by atoms with van der Waals surface area (Å²) in [6.45, 7) is 1.32. The second kappa shape index (κ2) is 7.65. The van der Waals surface area contributed by atoms with Crippen molar-refractivity contribution in [3.05, 3.63) is 64.8 Å². The average Bonchev–Trinajstić information content (AvgIpc) is 3.31. The van der Waals surface area contributed by atoms with E-state index in [0.29, 0.717) is 23.0 Å². The number of rotatable bonds is 6. The molecule has 5 heteroatoms. The van der Waals surface area contributed by atoms with Crippen molar-refractivity contribution in [2.24, 2.45) is 5.92 Å². The summed E-state index contributed by atoms with van der Waals surface area (Å²) in [5, 5.41) is 10.8. The van der Waals surface area contributed by atoms with E-state index in [1.165, 1.54) is 25.7 Å². The van der Waals surface area contributed by atoms with Crippen molar-refractivity contribution in [1.29, 1.82) is 0 Å². The molecule has 1 heterocycles. The van der Waals surface area contributed by atoms with E-state index in [1.54, 1.807) is 12.1 Å². The zero-order chi connectivity index (χ0) is 18.8. The molecule has 1 aliphatic rings. The first kappa shape index (κ1) is 17.9. The number of halogens is 1. The van der Waals surface area contributed by atoms with E-state index < -0.39 is 5.97 Å². The standard InChI is InChI=1S/C22H22ClNO3/c23-17-8-9-21(27-14-15-4-1-2-5-15)16(12-17)13-24-11-10-18-19(22(25)26)6-3-7-20(18)24/h3,6-12,15H,1-2,4-5,13-14H2,(H,25,26). The van der Waals surface area contributed by atoms with Crippen LogP contribution >= 0.6 is 11.6 Å². The molecule has 3 aromatic rings. The van der Waals surface area contributed by atoms with Crippen molar-refractivity contribution >= 4 is 28.5 Å². The number of hydrogen-bond donors (Lipinski definition) is 1. The minimum absolute atomic E-state index is 0.315. The Balaban J connectivity index is 1.62. The molecule has 1 aromatic heterocycles. The Morgan fingerprint density at radius 3 is 2.78 bits per heavy atom. The lowest BCUT2D eigenvalue weighted by Gasteiger charge is -2.16. The molecule has 4 nitrogen and oxygen atoms in total. The number of carbonyl (C=O) groups is 1. The molecule has 0 amide bonds. The van der Waals surface area contributed by atoms with Gasteiger partial charge < -0.3 is 14.4 Å². The fourth-order valence-electron chi connectivity index (χ4n) is 3.93. The highest BCUT2D eigenvalue weighted by Crippen LogP contribution is 2.30. The molecule has 1 aliphatic carbocycles. The minimum atomic E-state index is -0.915. The van der Waals surface area contributed by atoms with E-state index in [-0.39, 0.29) is 0 Å². The van der Waals surface area contributed by atoms with Gasteiger partial charge in [-0.2, -0.15) is 0 Å². The van der Waals surface area contributed by atoms with Crippen molar-refractivity contribution in [2.45, 2.75) is 32.2 Å². The number of nitrogens with zero attached hydrogens (tertiary/aromatic N) is 1. The number of hydrogen-bond acceptors (Lipinski definition) is 2. The molecule has 1 fully saturated rings. The third kappa shape index (κ3) is 3.81. The van der Waals surface area contributed by atoms with Crippen molar-refractivity contribution in [2.75, 3.05) is 6.61 Å². The molecule has 0 unspecified atom stereocenters. The number of aromatic carboxylic acids is 1. The van der Waals surface area contributed by atoms with Gasteiger partial charge in [0.1, 0.15) is 5.75 Å². The smallest absolute Gasteiger partial charge is 0.336 e. The van der Waals surface area contributed by atoms with Crippen LogP contribution in [-0.2, 0) is 6.54 Å². The van der Waals surface area contributed by atoms with E-state index in [2.05, 4.69) is 0 Å². The largest absolute Gasteiger partial charge is 0.493 e. The molecule has 1 saturated carbocycles. The van der Waals surface area contributed by atoms with Crippen molar-refractivity contribution < 1.29 is 14.6 Å². The normalized spacial score (nSPS) is 14.7. The molecule has 1 N–H and O–H groups in total. The highest BCUT2D eigenvalue weighted by Gasteiger charge is 2.17. The van der Waals surface area contributed by atoms with Crippen molar-refractivity contribution in [3.63, 3.8) is 0 Å². The molecule has 2 aromatic carbocycles. The second-order valence-electron chi connectivity index (χ2n) is 7.20. The van der Waals surface area contributed by atoms with Gasteiger partial charge in [-0.3, -0.25) is 0 Å². The average molecular weight is 384 g/mol. The lowest BCUT2D eigenvalue weighted by Crippen LogP contribution is -2.10. The predicted octanol–water partition coefficient (Wildman–Crippen LogP) is 5.61. The van der Waals surface area contributed by atoms with Crippen LogP contribution in [0.4, 0.5) is 0 Å². The van der Waals surface area contributed by atoms with Gasteiger partial charge in [-0.05, 0) is 55.2 Å². The highest BCUT2D eigenvalue weighted by molar-refractivity contribution is 6.30. The van der Waals surface area contributed by atoms with Crippen LogP contribution in [0.15, 0.2) is 48.7 Å². The quantitative estimate of drug-likeness (QED) is 0.601. The van der Waals surface area contributed by atoms with Gasteiger partial charge in [0.25, 0.3) is 0 Å². The second-order valence-corrected chi connectivity index (χ2v) is 7.64. The highest BCUT2D eigenvalue weighted by atomic mass is 35.5. The van der Waals surface area contributed by atoms with Gasteiger partial charge in [0.05, 0.1) is 18.7 Å². The number of carboxylic acids is 1. The molecule has 0 spiro atoms. The van der Waals surface area contributed by atoms with E-state index in [9.17, 15) is 9.90 Å². The molecule has 0 bridgehead atoms. The Hall–Kier alpha value is -2.46. The first-order valence-corrected chi connectivity index (χ1v) is 9.72. The number of benzene rings is 2. The lowest BCUT2D eigenvalue weighted by atomic mass is 10.1. The number of fused-ring (bicyclic) bond motifs is 1. The van der Waals surface area contributed by atoms with E-state index in [0.717, 1.165) is 28.8 Å². The van der Waals surface area contributed by atoms with Gasteiger partial charge in [-0.1, -0.05) is 30.5 Å². The van der Waals surface area contributed by atoms with Gasteiger partial charge in [-0.25, -0.2) is 4.79 Å². The molecule has 0 aliphatic heterocycles. The Kier molecular flexibility index (Phi) is 5.08. The summed E-state index contributed by atoms with van der Waals surface area (Å²) in [4.78, 5) is 11.4. The Labute approximate surface area is 163 Å². The van der Waals surface area contributed by atoms with Crippen LogP contribution in [-0.4, -0.2) is 22.2 Å². The fraction of sp³-hybridized carbons (Fsp3) is 0.318. The van der Waals surface area contributed by atoms with Gasteiger partial charge in [0, 0.05) is 27.7 Å². The van der Waals surface area contributed by atoms with Gasteiger partial charge >= 0.3 is 5.97 Å². The van der Waals surface area contributed by atoms with Crippen LogP contribution in [0.5, 0.6) is 5.75 Å². The Bertz CT molecular complexity index is 973. The van der Waals surface area contributed by atoms with Crippen LogP contribution in [0.1, 0.15) is 41.6 Å². The third-order valence-corrected chi connectivity index (χ3v) is 5.59. The number of carboxylic acid groups (broad SMARTS) is 1. The number of ether oxygens (including phenoxy) is 1. The SMILES string of the molecule is O=C(O)c1cccc2c1ccn2Cc1cc(Cl)ccc1OCC1CCCC1. The summed E-state index contributed by atoms with van der Waals surface area (Å²) in [6.07, 6.45) is 6.98. The molecular formula is C22H22ClNO3. The van der Waals surface area contributed by atoms with E-state index >= 15 is 0 Å². The number of aromatic nitrogens is 1. The summed E-state index contributed by atoms with van der Waals surface area (Å²) < 4.78 is 8.17. The van der Waals surface area contributed by atoms with Crippen LogP contribution in [0.25, 0.3) is 10.9 Å². The molecule has 0 atom stereocenters. The maximum Gasteiger partial charge on any atom is 0.336 e. The molecule has 0 saturated heterocycles. The Morgan fingerprint density at radius 1 is 1.19 bits per heavy atom. The summed E-state index contributed by atoms with van der Waals surface area (Å²) >= 11 is 6.23. The maximum absolute atomic E-state index is 11.4. The molecule has 140 valence electrons. The summed E-state index contributed by atoms with van der Waals surface area (Å²) in [5.41, 5.74) is 2.20. The summed E-state index contributed by atoms with van der Waals surface area (Å²) in [5.74, 6) is 0.572. The molecule has 0 radical (unpaired) electrons. The van der Waals surface area contributed by atoms with Crippen LogP contribution < -0.4 is 4.74 Å². The minimum Gasteiger partial charge on any atom is -0.493 e. The maximum atomic E-state index is 11.4. The fourth-order valence-corrected chi connectivity index (χ4v) is 4.12. The monoisotopic (exact) mass is 383 g/mol. The summed E-state index contributed by atoms with van der Waals surface area (Å²) in [6, 6.07) is 12.9. The van der Waals surface area contributed by atoms with Gasteiger partial charge in [-0.15, -0.1) is 0 Å². The van der Waals surface area contributed by atoms with Crippen molar-refractivity contribution in [3.8, 4) is 5.75 Å². The van der Waals surface area contributed by atoms with E-state index in [1.807, 2.05) is 41.1 Å². The molecule has 27 heavy (non-hydrogen) atoms. The van der Waals surface area contributed by atoms with Crippen LogP contribution in [0.2, 0.25) is 5.02 Å². The van der Waals surface area contributed by atoms with Gasteiger partial charge in [0.2, 0.25) is 0 Å². The molecular weight excluding hydrogens is 362 g/mol. The first-order chi connectivity index (χ1) is 13.1. The third-order valence-electron chi connectivity index (χ3n) is 5.36. The first-order valence-electron chi connectivity index (χ1n) is 9.34. The zero-order valence-electron chi connectivity index (χ0n) is 15.0. The molecule has 4 rings (SSSR count). The van der Waals surface area contributed by atoms with E-state index in [4.69, 9.17) is 16.3 Å². The predicted molar refractivity (Wildman–Crippen MR) is 107 cm³/mol. The zero-order valence-corrected chi connectivity index (χ0v) is 15.8. The van der Waals surface area contributed by atoms with Crippen LogP contribution in [0, 0.1) is 5.92 Å². The van der Waals surface area contributed by atoms with Gasteiger partial charge in [0.15, 0.2) is 0 Å². The lowest BCUT2D eigenvalue weighted by molar-refractivity contribution is 0.0699.